The van der Waals surface area contributed by atoms with Crippen LogP contribution in [0.3, 0.4) is 0 Å². The van der Waals surface area contributed by atoms with Crippen molar-refractivity contribution in [3.05, 3.63) is 145 Å². The highest BCUT2D eigenvalue weighted by Crippen LogP contribution is 2.44. The number of nitrogens with zero attached hydrogens (tertiary/aromatic N) is 2. The molecule has 0 saturated heterocycles. The van der Waals surface area contributed by atoms with Crippen LogP contribution in [0.15, 0.2) is 142 Å². The molecule has 4 nitrogen and oxygen atoms in total. The second-order valence-electron chi connectivity index (χ2n) is 13.0. The summed E-state index contributed by atoms with van der Waals surface area (Å²) in [5, 5.41) is 9.42. The molecular formula is C44H28N2O2. The van der Waals surface area contributed by atoms with Crippen molar-refractivity contribution in [2.24, 2.45) is 0 Å². The predicted molar refractivity (Wildman–Crippen MR) is 199 cm³/mol. The average Bonchev–Trinajstić information content (AvgIpc) is 3.88. The summed E-state index contributed by atoms with van der Waals surface area (Å²) in [6.45, 7) is 4.43. The first-order chi connectivity index (χ1) is 23.7. The molecule has 0 radical (unpaired) electrons. The van der Waals surface area contributed by atoms with Crippen molar-refractivity contribution in [2.75, 3.05) is 0 Å². The van der Waals surface area contributed by atoms with Crippen molar-refractivity contribution in [2.45, 2.75) is 13.8 Å². The maximum absolute atomic E-state index is 6.69. The predicted octanol–water partition coefficient (Wildman–Crippen LogP) is 12.3. The Morgan fingerprint density at radius 2 is 0.708 bits per heavy atom. The van der Waals surface area contributed by atoms with Crippen LogP contribution in [0.1, 0.15) is 11.1 Å². The summed E-state index contributed by atoms with van der Waals surface area (Å²) in [7, 11) is 0. The van der Waals surface area contributed by atoms with Crippen molar-refractivity contribution >= 4 is 87.5 Å². The Morgan fingerprint density at radius 3 is 1.06 bits per heavy atom. The van der Waals surface area contributed by atoms with E-state index in [1.54, 1.807) is 0 Å². The maximum atomic E-state index is 6.69. The number of hydrogen-bond donors (Lipinski definition) is 0. The fourth-order valence-corrected chi connectivity index (χ4v) is 8.29. The van der Waals surface area contributed by atoms with Gasteiger partial charge in [0, 0.05) is 54.5 Å². The summed E-state index contributed by atoms with van der Waals surface area (Å²) >= 11 is 0. The Balaban J connectivity index is 1.17. The van der Waals surface area contributed by atoms with Crippen LogP contribution < -0.4 is 0 Å². The smallest absolute Gasteiger partial charge is 0.178 e. The number of hydrogen-bond acceptors (Lipinski definition) is 2. The molecule has 0 unspecified atom stereocenters. The van der Waals surface area contributed by atoms with Gasteiger partial charge in [-0.25, -0.2) is 0 Å². The van der Waals surface area contributed by atoms with E-state index in [-0.39, 0.29) is 0 Å². The Kier molecular flexibility index (Phi) is 4.95. The molecule has 4 heterocycles. The first kappa shape index (κ1) is 25.9. The number of fused-ring (bicyclic) bond motifs is 13. The van der Waals surface area contributed by atoms with E-state index in [1.165, 1.54) is 54.7 Å². The monoisotopic (exact) mass is 616 g/mol. The third-order valence-corrected chi connectivity index (χ3v) is 10.5. The average molecular weight is 617 g/mol. The van der Waals surface area contributed by atoms with Crippen LogP contribution in [-0.4, -0.2) is 9.13 Å². The number of rotatable bonds is 2. The van der Waals surface area contributed by atoms with Gasteiger partial charge < -0.3 is 18.0 Å². The molecule has 4 aromatic heterocycles. The van der Waals surface area contributed by atoms with Crippen LogP contribution in [0.25, 0.3) is 98.9 Å². The van der Waals surface area contributed by atoms with E-state index < -0.39 is 0 Å². The van der Waals surface area contributed by atoms with Crippen LogP contribution in [0.5, 0.6) is 0 Å². The Morgan fingerprint density at radius 1 is 0.375 bits per heavy atom. The molecule has 4 heteroatoms. The summed E-state index contributed by atoms with van der Waals surface area (Å²) < 4.78 is 18.1. The fraction of sp³-hybridized carbons (Fsp3) is 0.0455. The first-order valence-electron chi connectivity index (χ1n) is 16.4. The van der Waals surface area contributed by atoms with Crippen molar-refractivity contribution in [3.63, 3.8) is 0 Å². The Bertz CT molecular complexity index is 2830. The van der Waals surface area contributed by atoms with Gasteiger partial charge >= 0.3 is 0 Å². The SMILES string of the molecule is Cc1c(C)c2c3cc(-n4c5ccccc5c5ccccc54)ccc3oc2c2oc3ccc(-n4c5ccccc5c5ccccc54)cc3c12. The van der Waals surface area contributed by atoms with Gasteiger partial charge in [-0.15, -0.1) is 0 Å². The number of furan rings is 2. The van der Waals surface area contributed by atoms with Gasteiger partial charge in [0.2, 0.25) is 0 Å². The molecule has 0 aliphatic heterocycles. The number of aromatic nitrogens is 2. The zero-order valence-corrected chi connectivity index (χ0v) is 26.4. The number of aryl methyl sites for hydroxylation is 2. The van der Waals surface area contributed by atoms with E-state index in [0.717, 1.165) is 55.3 Å². The van der Waals surface area contributed by atoms with Gasteiger partial charge in [-0.05, 0) is 85.6 Å². The zero-order valence-electron chi connectivity index (χ0n) is 26.4. The minimum Gasteiger partial charge on any atom is -0.452 e. The van der Waals surface area contributed by atoms with Crippen LogP contribution in [0.2, 0.25) is 0 Å². The molecule has 11 aromatic rings. The summed E-state index contributed by atoms with van der Waals surface area (Å²) in [4.78, 5) is 0. The van der Waals surface area contributed by atoms with Crippen molar-refractivity contribution < 1.29 is 8.83 Å². The highest BCUT2D eigenvalue weighted by atomic mass is 16.4. The number of para-hydroxylation sites is 4. The van der Waals surface area contributed by atoms with Gasteiger partial charge in [-0.3, -0.25) is 0 Å². The molecule has 0 fully saturated rings. The lowest BCUT2D eigenvalue weighted by Gasteiger charge is -2.09. The summed E-state index contributed by atoms with van der Waals surface area (Å²) in [6.07, 6.45) is 0. The van der Waals surface area contributed by atoms with Crippen LogP contribution in [0, 0.1) is 13.8 Å². The van der Waals surface area contributed by atoms with Gasteiger partial charge in [-0.1, -0.05) is 72.8 Å². The highest BCUT2D eigenvalue weighted by Gasteiger charge is 2.23. The lowest BCUT2D eigenvalue weighted by atomic mass is 9.97. The second-order valence-corrected chi connectivity index (χ2v) is 13.0. The topological polar surface area (TPSA) is 36.1 Å². The van der Waals surface area contributed by atoms with E-state index in [4.69, 9.17) is 8.83 Å². The van der Waals surface area contributed by atoms with Gasteiger partial charge in [0.05, 0.1) is 22.1 Å². The molecule has 0 amide bonds. The highest BCUT2D eigenvalue weighted by molar-refractivity contribution is 6.22. The fourth-order valence-electron chi connectivity index (χ4n) is 8.29. The van der Waals surface area contributed by atoms with E-state index in [9.17, 15) is 0 Å². The van der Waals surface area contributed by atoms with Crippen molar-refractivity contribution in [1.29, 1.82) is 0 Å². The van der Waals surface area contributed by atoms with Gasteiger partial charge in [0.15, 0.2) is 11.2 Å². The van der Waals surface area contributed by atoms with Gasteiger partial charge in [0.1, 0.15) is 11.2 Å². The Hall–Kier alpha value is -6.26. The molecule has 48 heavy (non-hydrogen) atoms. The summed E-state index contributed by atoms with van der Waals surface area (Å²) in [5.74, 6) is 0. The third kappa shape index (κ3) is 3.24. The number of benzene rings is 7. The third-order valence-electron chi connectivity index (χ3n) is 10.5. The van der Waals surface area contributed by atoms with E-state index in [1.807, 2.05) is 0 Å². The Labute approximate surface area is 274 Å². The largest absolute Gasteiger partial charge is 0.452 e. The molecule has 0 bridgehead atoms. The van der Waals surface area contributed by atoms with Crippen LogP contribution in [0.4, 0.5) is 0 Å². The molecule has 0 spiro atoms. The minimum atomic E-state index is 0.803. The lowest BCUT2D eigenvalue weighted by molar-refractivity contribution is 0.633. The van der Waals surface area contributed by atoms with E-state index in [2.05, 4.69) is 156 Å². The normalized spacial score (nSPS) is 12.4. The maximum Gasteiger partial charge on any atom is 0.178 e. The van der Waals surface area contributed by atoms with Crippen molar-refractivity contribution in [1.82, 2.24) is 9.13 Å². The molecule has 0 N–H and O–H groups in total. The van der Waals surface area contributed by atoms with Gasteiger partial charge in [-0.2, -0.15) is 0 Å². The van der Waals surface area contributed by atoms with Crippen molar-refractivity contribution in [3.8, 4) is 11.4 Å². The lowest BCUT2D eigenvalue weighted by Crippen LogP contribution is -1.93. The standard InChI is InChI=1S/C44H28N2O2/c1-25-26(2)42-34-24-28(46-37-17-9-5-13-31(37)32-14-6-10-18-38(32)46)20-22-40(34)48-44(42)43-41(25)33-23-27(19-21-39(33)47-43)45-35-15-7-3-11-29(35)30-12-4-8-16-36(30)45/h3-24H,1-2H3. The van der Waals surface area contributed by atoms with E-state index >= 15 is 0 Å². The zero-order chi connectivity index (χ0) is 31.7. The summed E-state index contributed by atoms with van der Waals surface area (Å²) in [5.41, 5.74) is 12.7. The quantitative estimate of drug-likeness (QED) is 0.194. The molecule has 0 saturated carbocycles. The van der Waals surface area contributed by atoms with E-state index in [0.29, 0.717) is 0 Å². The molecular weight excluding hydrogens is 588 g/mol. The molecule has 226 valence electrons. The van der Waals surface area contributed by atoms with Crippen LogP contribution in [-0.2, 0) is 0 Å². The summed E-state index contributed by atoms with van der Waals surface area (Å²) in [6, 6.07) is 47.7. The molecule has 0 aliphatic carbocycles. The van der Waals surface area contributed by atoms with Crippen LogP contribution >= 0.6 is 0 Å². The molecule has 0 atom stereocenters. The molecule has 0 aliphatic rings. The minimum absolute atomic E-state index is 0.803. The first-order valence-corrected chi connectivity index (χ1v) is 16.4. The van der Waals surface area contributed by atoms with Gasteiger partial charge in [0.25, 0.3) is 0 Å². The molecule has 11 rings (SSSR count). The second kappa shape index (κ2) is 9.18. The molecule has 7 aromatic carbocycles.